The van der Waals surface area contributed by atoms with Gasteiger partial charge in [0.2, 0.25) is 0 Å². The number of para-hydroxylation sites is 1. The van der Waals surface area contributed by atoms with Gasteiger partial charge in [0.15, 0.2) is 5.60 Å². The van der Waals surface area contributed by atoms with Crippen LogP contribution in [0, 0.1) is 11.3 Å². The van der Waals surface area contributed by atoms with E-state index < -0.39 is 35.5 Å². The predicted octanol–water partition coefficient (Wildman–Crippen LogP) is 0.678. The van der Waals surface area contributed by atoms with E-state index in [-0.39, 0.29) is 0 Å². The van der Waals surface area contributed by atoms with Crippen molar-refractivity contribution in [1.82, 2.24) is 15.1 Å². The molecule has 1 aromatic rings. The molecule has 0 spiro atoms. The molecule has 160 valence electrons. The van der Waals surface area contributed by atoms with Gasteiger partial charge < -0.3 is 20.2 Å². The molecule has 30 heavy (non-hydrogen) atoms. The number of imide groups is 1. The number of hydrogen-bond acceptors (Lipinski definition) is 6. The van der Waals surface area contributed by atoms with Gasteiger partial charge in [-0.25, -0.2) is 4.79 Å². The van der Waals surface area contributed by atoms with Crippen LogP contribution in [-0.4, -0.2) is 76.6 Å². The summed E-state index contributed by atoms with van der Waals surface area (Å²) in [5.74, 6) is -1.00. The molecule has 2 heterocycles. The molecule has 2 saturated heterocycles. The second-order valence-electron chi connectivity index (χ2n) is 8.48. The normalized spacial score (nSPS) is 21.0. The van der Waals surface area contributed by atoms with E-state index in [1.54, 1.807) is 24.8 Å². The van der Waals surface area contributed by atoms with Crippen molar-refractivity contribution in [3.05, 3.63) is 29.8 Å². The SMILES string of the molecule is CC1(C)NC(=O)N(C[C@](C)(O)C(=O)N2CCCN(c3ccccc3C#N)CC2)C1=O. The number of benzene rings is 1. The zero-order chi connectivity index (χ0) is 22.1. The molecule has 2 aliphatic rings. The standard InChI is InChI=1S/C21H27N5O4/c1-20(2)17(27)26(19(29)23-20)14-21(3,30)18(28)25-10-6-9-24(11-12-25)16-8-5-4-7-15(16)13-22/h4-5,7-8,30H,6,9-12,14H2,1-3H3,(H,23,29)/t21-/m0/s1. The fourth-order valence-electron chi connectivity index (χ4n) is 3.88. The highest BCUT2D eigenvalue weighted by Crippen LogP contribution is 2.23. The first-order valence-corrected chi connectivity index (χ1v) is 9.97. The average Bonchev–Trinajstić information content (AvgIpc) is 2.89. The van der Waals surface area contributed by atoms with E-state index in [1.807, 2.05) is 18.2 Å². The number of anilines is 1. The predicted molar refractivity (Wildman–Crippen MR) is 110 cm³/mol. The second kappa shape index (κ2) is 7.95. The summed E-state index contributed by atoms with van der Waals surface area (Å²) < 4.78 is 0. The van der Waals surface area contributed by atoms with E-state index in [0.717, 1.165) is 10.6 Å². The summed E-state index contributed by atoms with van der Waals surface area (Å²) in [7, 11) is 0. The smallest absolute Gasteiger partial charge is 0.325 e. The molecule has 3 rings (SSSR count). The van der Waals surface area contributed by atoms with Crippen LogP contribution in [0.15, 0.2) is 24.3 Å². The van der Waals surface area contributed by atoms with Crippen LogP contribution in [0.25, 0.3) is 0 Å². The Labute approximate surface area is 175 Å². The van der Waals surface area contributed by atoms with E-state index in [9.17, 15) is 24.8 Å². The highest BCUT2D eigenvalue weighted by Gasteiger charge is 2.48. The van der Waals surface area contributed by atoms with Crippen LogP contribution in [0.1, 0.15) is 32.8 Å². The minimum absolute atomic E-state index is 0.361. The first-order chi connectivity index (χ1) is 14.1. The molecule has 2 N–H and O–H groups in total. The Morgan fingerprint density at radius 1 is 1.23 bits per heavy atom. The molecular weight excluding hydrogens is 386 g/mol. The maximum atomic E-state index is 13.0. The molecule has 9 nitrogen and oxygen atoms in total. The molecule has 1 atom stereocenters. The molecule has 2 aliphatic heterocycles. The van der Waals surface area contributed by atoms with Gasteiger partial charge in [-0.05, 0) is 39.3 Å². The molecule has 9 heteroatoms. The van der Waals surface area contributed by atoms with Gasteiger partial charge in [-0.3, -0.25) is 14.5 Å². The Morgan fingerprint density at radius 2 is 1.93 bits per heavy atom. The maximum absolute atomic E-state index is 13.0. The third kappa shape index (κ3) is 4.09. The third-order valence-corrected chi connectivity index (χ3v) is 5.52. The van der Waals surface area contributed by atoms with Crippen LogP contribution in [-0.2, 0) is 9.59 Å². The molecule has 2 fully saturated rings. The summed E-state index contributed by atoms with van der Waals surface area (Å²) in [6, 6.07) is 8.89. The lowest BCUT2D eigenvalue weighted by molar-refractivity contribution is -0.152. The highest BCUT2D eigenvalue weighted by atomic mass is 16.3. The van der Waals surface area contributed by atoms with Crippen molar-refractivity contribution >= 4 is 23.5 Å². The Balaban J connectivity index is 1.69. The van der Waals surface area contributed by atoms with Crippen LogP contribution >= 0.6 is 0 Å². The zero-order valence-electron chi connectivity index (χ0n) is 17.5. The quantitative estimate of drug-likeness (QED) is 0.701. The van der Waals surface area contributed by atoms with Gasteiger partial charge >= 0.3 is 6.03 Å². The van der Waals surface area contributed by atoms with Gasteiger partial charge in [0.1, 0.15) is 11.6 Å². The Kier molecular flexibility index (Phi) is 5.72. The number of amides is 4. The fourth-order valence-corrected chi connectivity index (χ4v) is 3.88. The largest absolute Gasteiger partial charge is 0.378 e. The van der Waals surface area contributed by atoms with Crippen molar-refractivity contribution in [2.45, 2.75) is 38.3 Å². The molecule has 4 amide bonds. The van der Waals surface area contributed by atoms with Gasteiger partial charge in [0, 0.05) is 26.2 Å². The van der Waals surface area contributed by atoms with E-state index in [0.29, 0.717) is 38.2 Å². The van der Waals surface area contributed by atoms with Crippen LogP contribution in [0.2, 0.25) is 0 Å². The van der Waals surface area contributed by atoms with Gasteiger partial charge in [0.05, 0.1) is 17.8 Å². The maximum Gasteiger partial charge on any atom is 0.325 e. The minimum atomic E-state index is -1.90. The van der Waals surface area contributed by atoms with Crippen LogP contribution in [0.3, 0.4) is 0 Å². The molecule has 0 aliphatic carbocycles. The number of aliphatic hydroxyl groups is 1. The van der Waals surface area contributed by atoms with Gasteiger partial charge in [-0.2, -0.15) is 5.26 Å². The third-order valence-electron chi connectivity index (χ3n) is 5.52. The summed E-state index contributed by atoms with van der Waals surface area (Å²) >= 11 is 0. The van der Waals surface area contributed by atoms with E-state index in [2.05, 4.69) is 16.3 Å². The number of carbonyl (C=O) groups is 3. The summed E-state index contributed by atoms with van der Waals surface area (Å²) in [6.07, 6.45) is 0.664. The molecule has 0 bridgehead atoms. The van der Waals surface area contributed by atoms with Gasteiger partial charge in [-0.1, -0.05) is 12.1 Å². The lowest BCUT2D eigenvalue weighted by atomic mass is 10.0. The second-order valence-corrected chi connectivity index (χ2v) is 8.48. The Bertz CT molecular complexity index is 905. The summed E-state index contributed by atoms with van der Waals surface area (Å²) in [4.78, 5) is 42.1. The number of nitriles is 1. The number of carbonyl (C=O) groups excluding carboxylic acids is 3. The van der Waals surface area contributed by atoms with Crippen LogP contribution in [0.5, 0.6) is 0 Å². The zero-order valence-corrected chi connectivity index (χ0v) is 17.5. The lowest BCUT2D eigenvalue weighted by Gasteiger charge is -2.32. The van der Waals surface area contributed by atoms with Crippen molar-refractivity contribution in [2.24, 2.45) is 0 Å². The van der Waals surface area contributed by atoms with Crippen LogP contribution in [0.4, 0.5) is 10.5 Å². The molecule has 0 saturated carbocycles. The van der Waals surface area contributed by atoms with Crippen molar-refractivity contribution in [1.29, 1.82) is 5.26 Å². The summed E-state index contributed by atoms with van der Waals surface area (Å²) in [5, 5.41) is 22.7. The van der Waals surface area contributed by atoms with Crippen molar-refractivity contribution in [2.75, 3.05) is 37.6 Å². The van der Waals surface area contributed by atoms with Crippen molar-refractivity contribution < 1.29 is 19.5 Å². The van der Waals surface area contributed by atoms with Crippen molar-refractivity contribution in [3.8, 4) is 6.07 Å². The average molecular weight is 413 g/mol. The van der Waals surface area contributed by atoms with E-state index in [1.165, 1.54) is 6.92 Å². The van der Waals surface area contributed by atoms with Gasteiger partial charge in [-0.15, -0.1) is 0 Å². The monoisotopic (exact) mass is 413 g/mol. The summed E-state index contributed by atoms with van der Waals surface area (Å²) in [5.41, 5.74) is -1.56. The van der Waals surface area contributed by atoms with E-state index >= 15 is 0 Å². The number of nitrogens with zero attached hydrogens (tertiary/aromatic N) is 4. The molecular formula is C21H27N5O4. The first kappa shape index (κ1) is 21.6. The van der Waals surface area contributed by atoms with Gasteiger partial charge in [0.25, 0.3) is 11.8 Å². The number of β-amino-alcohol motifs (C(OH)–C–C–N with tert-alkyl or cyclic N) is 1. The molecule has 0 aromatic heterocycles. The number of hydrogen-bond donors (Lipinski definition) is 2. The Morgan fingerprint density at radius 3 is 2.57 bits per heavy atom. The van der Waals surface area contributed by atoms with E-state index in [4.69, 9.17) is 0 Å². The topological polar surface area (TPSA) is 117 Å². The fraction of sp³-hybridized carbons (Fsp3) is 0.524. The molecule has 0 radical (unpaired) electrons. The first-order valence-electron chi connectivity index (χ1n) is 9.97. The minimum Gasteiger partial charge on any atom is -0.378 e. The Hall–Kier alpha value is -3.12. The highest BCUT2D eigenvalue weighted by molar-refractivity contribution is 6.07. The molecule has 0 unspecified atom stereocenters. The molecule has 1 aromatic carbocycles. The number of nitrogens with one attached hydrogen (secondary N) is 1. The van der Waals surface area contributed by atoms with Crippen molar-refractivity contribution in [3.63, 3.8) is 0 Å². The lowest BCUT2D eigenvalue weighted by Crippen LogP contribution is -2.55. The number of rotatable bonds is 4. The number of urea groups is 1. The van der Waals surface area contributed by atoms with Crippen LogP contribution < -0.4 is 10.2 Å². The summed E-state index contributed by atoms with van der Waals surface area (Å²) in [6.45, 7) is 6.06.